The van der Waals surface area contributed by atoms with Crippen molar-refractivity contribution in [1.29, 1.82) is 0 Å². The molecule has 7 nitrogen and oxygen atoms in total. The summed E-state index contributed by atoms with van der Waals surface area (Å²) in [4.78, 5) is 8.94. The van der Waals surface area contributed by atoms with Crippen LogP contribution in [0.4, 0.5) is 16.2 Å². The van der Waals surface area contributed by atoms with Gasteiger partial charge >= 0.3 is 0 Å². The van der Waals surface area contributed by atoms with Crippen molar-refractivity contribution < 1.29 is 13.7 Å². The summed E-state index contributed by atoms with van der Waals surface area (Å²) in [7, 11) is 1.49. The zero-order chi connectivity index (χ0) is 20.3. The monoisotopic (exact) mass is 423 g/mol. The molecule has 3 N–H and O–H groups in total. The minimum atomic E-state index is -0.945. The highest BCUT2D eigenvalue weighted by Crippen LogP contribution is 2.26. The second kappa shape index (κ2) is 8.99. The number of nitrogen functional groups attached to an aromatic ring is 1. The molecule has 1 aromatic carbocycles. The SMILES string of the molecule is COc1ccc(F)cc1C(=S)c1cnc(NC2CCN([S+](C)[O-])CC2)nc1N. The van der Waals surface area contributed by atoms with Crippen LogP contribution in [0.25, 0.3) is 0 Å². The average molecular weight is 424 g/mol. The van der Waals surface area contributed by atoms with Gasteiger partial charge in [-0.2, -0.15) is 4.98 Å². The van der Waals surface area contributed by atoms with Crippen LogP contribution in [0, 0.1) is 5.82 Å². The molecule has 0 saturated carbocycles. The van der Waals surface area contributed by atoms with Gasteiger partial charge < -0.3 is 20.3 Å². The molecule has 0 aliphatic carbocycles. The van der Waals surface area contributed by atoms with E-state index in [0.717, 1.165) is 25.9 Å². The number of halogens is 1. The second-order valence-corrected chi connectivity index (χ2v) is 8.21. The summed E-state index contributed by atoms with van der Waals surface area (Å²) >= 11 is 4.52. The minimum absolute atomic E-state index is 0.181. The Balaban J connectivity index is 1.73. The van der Waals surface area contributed by atoms with Crippen LogP contribution in [0.5, 0.6) is 5.75 Å². The molecule has 0 bridgehead atoms. The summed E-state index contributed by atoms with van der Waals surface area (Å²) in [5.41, 5.74) is 6.96. The molecular formula is C18H22FN5O2S2. The smallest absolute Gasteiger partial charge is 0.224 e. The molecule has 1 unspecified atom stereocenters. The first kappa shape index (κ1) is 20.7. The van der Waals surface area contributed by atoms with Crippen molar-refractivity contribution >= 4 is 40.2 Å². The molecule has 1 fully saturated rings. The molecule has 0 amide bonds. The van der Waals surface area contributed by atoms with E-state index in [-0.39, 0.29) is 11.9 Å². The average Bonchev–Trinajstić information content (AvgIpc) is 2.68. The zero-order valence-electron chi connectivity index (χ0n) is 15.6. The maximum atomic E-state index is 13.7. The van der Waals surface area contributed by atoms with E-state index in [1.807, 2.05) is 4.31 Å². The third-order valence-electron chi connectivity index (χ3n) is 4.62. The number of nitrogens with zero attached hydrogens (tertiary/aromatic N) is 3. The molecule has 10 heteroatoms. The number of piperidine rings is 1. The molecule has 1 saturated heterocycles. The fourth-order valence-corrected chi connectivity index (χ4v) is 4.12. The van der Waals surface area contributed by atoms with E-state index < -0.39 is 17.2 Å². The van der Waals surface area contributed by atoms with Crippen LogP contribution < -0.4 is 15.8 Å². The number of thiocarbonyl (C=S) groups is 1. The van der Waals surface area contributed by atoms with Crippen LogP contribution in [0.2, 0.25) is 0 Å². The van der Waals surface area contributed by atoms with E-state index >= 15 is 0 Å². The largest absolute Gasteiger partial charge is 0.598 e. The standard InChI is InChI=1S/C18H22FN5O2S2/c1-26-15-4-3-11(19)9-13(15)16(27)14-10-21-18(23-17(14)20)22-12-5-7-24(8-6-12)28(2)25/h3-4,9-10,12H,5-8H2,1-2H3,(H3,20,21,22,23). The van der Waals surface area contributed by atoms with Crippen molar-refractivity contribution in [3.05, 3.63) is 41.3 Å². The molecule has 2 heterocycles. The lowest BCUT2D eigenvalue weighted by Gasteiger charge is -2.30. The Morgan fingerprint density at radius 2 is 2.11 bits per heavy atom. The van der Waals surface area contributed by atoms with Crippen molar-refractivity contribution in [2.75, 3.05) is 37.5 Å². The van der Waals surface area contributed by atoms with Gasteiger partial charge in [-0.1, -0.05) is 12.2 Å². The van der Waals surface area contributed by atoms with Crippen LogP contribution in [0.15, 0.2) is 24.4 Å². The van der Waals surface area contributed by atoms with Gasteiger partial charge in [0, 0.05) is 42.3 Å². The molecule has 3 rings (SSSR count). The number of rotatable bonds is 6. The Kier molecular flexibility index (Phi) is 6.65. The van der Waals surface area contributed by atoms with Crippen molar-refractivity contribution in [2.24, 2.45) is 0 Å². The molecule has 1 atom stereocenters. The summed E-state index contributed by atoms with van der Waals surface area (Å²) in [6, 6.07) is 4.30. The number of methoxy groups -OCH3 is 1. The Labute approximate surface area is 171 Å². The van der Waals surface area contributed by atoms with Gasteiger partial charge in [-0.3, -0.25) is 0 Å². The predicted octanol–water partition coefficient (Wildman–Crippen LogP) is 2.14. The van der Waals surface area contributed by atoms with Gasteiger partial charge in [-0.15, -0.1) is 4.31 Å². The quantitative estimate of drug-likeness (QED) is 0.414. The summed E-state index contributed by atoms with van der Waals surface area (Å²) < 4.78 is 32.4. The minimum Gasteiger partial charge on any atom is -0.598 e. The zero-order valence-corrected chi connectivity index (χ0v) is 17.3. The van der Waals surface area contributed by atoms with Gasteiger partial charge in [0.2, 0.25) is 5.95 Å². The van der Waals surface area contributed by atoms with E-state index in [1.165, 1.54) is 31.5 Å². The maximum absolute atomic E-state index is 13.7. The summed E-state index contributed by atoms with van der Waals surface area (Å²) in [6.45, 7) is 1.50. The number of aromatic nitrogens is 2. The van der Waals surface area contributed by atoms with Crippen molar-refractivity contribution in [2.45, 2.75) is 18.9 Å². The number of benzene rings is 1. The first-order valence-corrected chi connectivity index (χ1v) is 10.7. The van der Waals surface area contributed by atoms with E-state index in [1.54, 1.807) is 6.26 Å². The van der Waals surface area contributed by atoms with Gasteiger partial charge in [0.05, 0.1) is 17.5 Å². The number of hydrogen-bond donors (Lipinski definition) is 2. The van der Waals surface area contributed by atoms with Gasteiger partial charge in [-0.05, 0) is 31.0 Å². The molecule has 0 radical (unpaired) electrons. The lowest BCUT2D eigenvalue weighted by Crippen LogP contribution is -2.42. The summed E-state index contributed by atoms with van der Waals surface area (Å²) in [6.07, 6.45) is 4.90. The van der Waals surface area contributed by atoms with Gasteiger partial charge in [0.1, 0.15) is 23.6 Å². The summed E-state index contributed by atoms with van der Waals surface area (Å²) in [5, 5.41) is 3.26. The summed E-state index contributed by atoms with van der Waals surface area (Å²) in [5.74, 6) is 0.649. The van der Waals surface area contributed by atoms with E-state index in [2.05, 4.69) is 15.3 Å². The Morgan fingerprint density at radius 1 is 1.39 bits per heavy atom. The van der Waals surface area contributed by atoms with Crippen molar-refractivity contribution in [3.8, 4) is 5.75 Å². The lowest BCUT2D eigenvalue weighted by molar-refractivity contribution is 0.331. The van der Waals surface area contributed by atoms with Crippen LogP contribution in [-0.4, -0.2) is 56.2 Å². The Bertz CT molecular complexity index is 860. The van der Waals surface area contributed by atoms with Crippen molar-refractivity contribution in [1.82, 2.24) is 14.3 Å². The molecule has 1 aromatic heterocycles. The van der Waals surface area contributed by atoms with Crippen molar-refractivity contribution in [3.63, 3.8) is 0 Å². The first-order chi connectivity index (χ1) is 13.4. The molecule has 1 aliphatic heterocycles. The normalized spacial score (nSPS) is 16.6. The van der Waals surface area contributed by atoms with Crippen LogP contribution in [-0.2, 0) is 11.4 Å². The molecule has 1 aliphatic rings. The van der Waals surface area contributed by atoms with E-state index in [0.29, 0.717) is 27.7 Å². The maximum Gasteiger partial charge on any atom is 0.224 e. The van der Waals surface area contributed by atoms with Crippen LogP contribution in [0.3, 0.4) is 0 Å². The van der Waals surface area contributed by atoms with Gasteiger partial charge in [0.15, 0.2) is 0 Å². The van der Waals surface area contributed by atoms with Crippen LogP contribution in [0.1, 0.15) is 24.0 Å². The molecular weight excluding hydrogens is 401 g/mol. The van der Waals surface area contributed by atoms with E-state index in [4.69, 9.17) is 22.7 Å². The molecule has 28 heavy (non-hydrogen) atoms. The molecule has 2 aromatic rings. The van der Waals surface area contributed by atoms with Crippen LogP contribution >= 0.6 is 12.2 Å². The number of nitrogens with one attached hydrogen (secondary N) is 1. The second-order valence-electron chi connectivity index (χ2n) is 6.44. The Hall–Kier alpha value is -2.01. The number of hydrogen-bond acceptors (Lipinski definition) is 8. The molecule has 150 valence electrons. The third-order valence-corrected chi connectivity index (χ3v) is 6.15. The third kappa shape index (κ3) is 4.69. The number of nitrogens with two attached hydrogens (primary N) is 1. The highest BCUT2D eigenvalue weighted by Gasteiger charge is 2.25. The molecule has 0 spiro atoms. The van der Waals surface area contributed by atoms with E-state index in [9.17, 15) is 8.94 Å². The highest BCUT2D eigenvalue weighted by molar-refractivity contribution is 7.88. The fraction of sp³-hybridized carbons (Fsp3) is 0.389. The predicted molar refractivity (Wildman–Crippen MR) is 112 cm³/mol. The van der Waals surface area contributed by atoms with Gasteiger partial charge in [-0.25, -0.2) is 9.37 Å². The number of ether oxygens (including phenoxy) is 1. The number of anilines is 2. The highest BCUT2D eigenvalue weighted by atomic mass is 32.2. The first-order valence-electron chi connectivity index (χ1n) is 8.74. The fourth-order valence-electron chi connectivity index (χ4n) is 3.08. The topological polar surface area (TPSA) is 99.4 Å². The lowest BCUT2D eigenvalue weighted by atomic mass is 10.1. The van der Waals surface area contributed by atoms with Gasteiger partial charge in [0.25, 0.3) is 0 Å². The Morgan fingerprint density at radius 3 is 2.71 bits per heavy atom.